The van der Waals surface area contributed by atoms with Crippen molar-refractivity contribution in [2.75, 3.05) is 25.3 Å². The van der Waals surface area contributed by atoms with E-state index in [1.54, 1.807) is 7.05 Å². The third-order valence-corrected chi connectivity index (χ3v) is 2.02. The van der Waals surface area contributed by atoms with Gasteiger partial charge in [0.2, 0.25) is 10.0 Å². The van der Waals surface area contributed by atoms with Crippen LogP contribution in [0.15, 0.2) is 4.99 Å². The zero-order valence-corrected chi connectivity index (χ0v) is 8.42. The summed E-state index contributed by atoms with van der Waals surface area (Å²) in [5, 5.41) is 0. The summed E-state index contributed by atoms with van der Waals surface area (Å²) >= 11 is 1.52. The van der Waals surface area contributed by atoms with E-state index in [0.717, 1.165) is 6.26 Å². The molecule has 0 aliphatic carbocycles. The maximum atomic E-state index is 10.7. The average molecular weight is 196 g/mol. The molecule has 0 spiro atoms. The molecule has 6 heteroatoms. The Morgan fingerprint density at radius 3 is 2.45 bits per heavy atom. The first-order valence-electron chi connectivity index (χ1n) is 2.92. The molecule has 0 aromatic heterocycles. The fraction of sp³-hybridized carbons (Fsp3) is 0.800. The lowest BCUT2D eigenvalue weighted by Gasteiger charge is -2.04. The summed E-state index contributed by atoms with van der Waals surface area (Å²) in [5.41, 5.74) is 0. The van der Waals surface area contributed by atoms with Gasteiger partial charge in [0, 0.05) is 7.05 Å². The standard InChI is InChI=1S/C5H12N2O2S2/c1-6-5(4-10-2)7-11(3,8)9/h4H2,1-3H3,(H,6,7). The lowest BCUT2D eigenvalue weighted by molar-refractivity contribution is 0.598. The van der Waals surface area contributed by atoms with Gasteiger partial charge in [0.05, 0.1) is 12.0 Å². The first-order valence-corrected chi connectivity index (χ1v) is 6.20. The van der Waals surface area contributed by atoms with Gasteiger partial charge in [-0.05, 0) is 6.26 Å². The van der Waals surface area contributed by atoms with Gasteiger partial charge in [-0.25, -0.2) is 8.42 Å². The van der Waals surface area contributed by atoms with Crippen LogP contribution in [0, 0.1) is 0 Å². The highest BCUT2D eigenvalue weighted by atomic mass is 32.2. The second-order valence-corrected chi connectivity index (χ2v) is 4.59. The summed E-state index contributed by atoms with van der Waals surface area (Å²) in [7, 11) is -1.59. The number of aliphatic imine (C=N–C) groups is 1. The van der Waals surface area contributed by atoms with Crippen molar-refractivity contribution in [3.05, 3.63) is 0 Å². The lowest BCUT2D eigenvalue weighted by Crippen LogP contribution is -2.30. The molecule has 0 aliphatic rings. The lowest BCUT2D eigenvalue weighted by atomic mass is 10.7. The number of hydrogen-bond acceptors (Lipinski definition) is 4. The van der Waals surface area contributed by atoms with Gasteiger partial charge in [-0.2, -0.15) is 11.8 Å². The van der Waals surface area contributed by atoms with Crippen molar-refractivity contribution in [1.29, 1.82) is 0 Å². The van der Waals surface area contributed by atoms with E-state index in [-0.39, 0.29) is 0 Å². The van der Waals surface area contributed by atoms with Crippen LogP contribution in [0.1, 0.15) is 0 Å². The van der Waals surface area contributed by atoms with Crippen molar-refractivity contribution in [2.45, 2.75) is 0 Å². The van der Waals surface area contributed by atoms with E-state index in [2.05, 4.69) is 9.71 Å². The van der Waals surface area contributed by atoms with Gasteiger partial charge >= 0.3 is 0 Å². The molecule has 0 aromatic carbocycles. The minimum absolute atomic E-state index is 0.486. The SMILES string of the molecule is CN=C(CSC)NS(C)(=O)=O. The smallest absolute Gasteiger partial charge is 0.230 e. The molecule has 0 aliphatic heterocycles. The Bertz CT molecular complexity index is 233. The third kappa shape index (κ3) is 6.18. The molecule has 4 nitrogen and oxygen atoms in total. The third-order valence-electron chi connectivity index (χ3n) is 0.854. The average Bonchev–Trinajstić information content (AvgIpc) is 1.84. The summed E-state index contributed by atoms with van der Waals surface area (Å²) in [5.74, 6) is 1.07. The topological polar surface area (TPSA) is 58.5 Å². The summed E-state index contributed by atoms with van der Waals surface area (Å²) in [6.07, 6.45) is 2.99. The number of hydrogen-bond donors (Lipinski definition) is 1. The van der Waals surface area contributed by atoms with Gasteiger partial charge in [-0.15, -0.1) is 0 Å². The Labute approximate surface area is 71.5 Å². The Hall–Kier alpha value is -0.230. The molecule has 0 fully saturated rings. The van der Waals surface area contributed by atoms with Crippen LogP contribution in [-0.2, 0) is 10.0 Å². The van der Waals surface area contributed by atoms with E-state index in [1.165, 1.54) is 11.8 Å². The predicted molar refractivity (Wildman–Crippen MR) is 49.7 cm³/mol. The van der Waals surface area contributed by atoms with Crippen LogP contribution < -0.4 is 4.72 Å². The molecule has 0 bridgehead atoms. The molecular formula is C5H12N2O2S2. The number of sulfonamides is 1. The van der Waals surface area contributed by atoms with Gasteiger partial charge in [0.1, 0.15) is 5.84 Å². The van der Waals surface area contributed by atoms with Gasteiger partial charge in [0.15, 0.2) is 0 Å². The van der Waals surface area contributed by atoms with Gasteiger partial charge in [-0.1, -0.05) is 0 Å². The first kappa shape index (κ1) is 10.8. The summed E-state index contributed by atoms with van der Waals surface area (Å²) < 4.78 is 23.7. The van der Waals surface area contributed by atoms with E-state index in [4.69, 9.17) is 0 Å². The fourth-order valence-corrected chi connectivity index (χ4v) is 1.65. The molecule has 0 saturated carbocycles. The summed E-state index contributed by atoms with van der Waals surface area (Å²) in [6.45, 7) is 0. The van der Waals surface area contributed by atoms with Crippen LogP contribution in [0.2, 0.25) is 0 Å². The maximum Gasteiger partial charge on any atom is 0.230 e. The molecule has 0 atom stereocenters. The highest BCUT2D eigenvalue weighted by molar-refractivity contribution is 7.99. The Morgan fingerprint density at radius 1 is 1.64 bits per heavy atom. The van der Waals surface area contributed by atoms with Crippen molar-refractivity contribution in [1.82, 2.24) is 4.72 Å². The molecule has 0 heterocycles. The maximum absolute atomic E-state index is 10.7. The first-order chi connectivity index (χ1) is 4.99. The van der Waals surface area contributed by atoms with Gasteiger partial charge in [0.25, 0.3) is 0 Å². The molecule has 0 rings (SSSR count). The molecule has 0 amide bonds. The van der Waals surface area contributed by atoms with Crippen LogP contribution >= 0.6 is 11.8 Å². The predicted octanol–water partition coefficient (Wildman–Crippen LogP) is -0.0731. The number of nitrogens with one attached hydrogen (secondary N) is 1. The van der Waals surface area contributed by atoms with E-state index in [9.17, 15) is 8.42 Å². The number of thioether (sulfide) groups is 1. The molecule has 0 saturated heterocycles. The van der Waals surface area contributed by atoms with Gasteiger partial charge < -0.3 is 0 Å². The zero-order valence-electron chi connectivity index (χ0n) is 6.79. The minimum atomic E-state index is -3.15. The van der Waals surface area contributed by atoms with E-state index < -0.39 is 10.0 Å². The van der Waals surface area contributed by atoms with Gasteiger partial charge in [-0.3, -0.25) is 9.71 Å². The quantitative estimate of drug-likeness (QED) is 0.507. The number of rotatable bonds is 3. The van der Waals surface area contributed by atoms with Crippen LogP contribution in [0.25, 0.3) is 0 Å². The Kier molecular flexibility index (Phi) is 4.51. The molecule has 66 valence electrons. The zero-order chi connectivity index (χ0) is 8.91. The van der Waals surface area contributed by atoms with Crippen LogP contribution in [-0.4, -0.2) is 39.6 Å². The fourth-order valence-electron chi connectivity index (χ4n) is 0.490. The van der Waals surface area contributed by atoms with Crippen molar-refractivity contribution in [3.8, 4) is 0 Å². The molecule has 0 aromatic rings. The van der Waals surface area contributed by atoms with E-state index in [0.29, 0.717) is 11.6 Å². The minimum Gasteiger partial charge on any atom is -0.274 e. The van der Waals surface area contributed by atoms with E-state index in [1.807, 2.05) is 6.26 Å². The summed E-state index contributed by atoms with van der Waals surface area (Å²) in [4.78, 5) is 3.77. The molecule has 0 unspecified atom stereocenters. The van der Waals surface area contributed by atoms with Crippen LogP contribution in [0.4, 0.5) is 0 Å². The molecule has 0 radical (unpaired) electrons. The highest BCUT2D eigenvalue weighted by Crippen LogP contribution is 1.92. The number of amidine groups is 1. The van der Waals surface area contributed by atoms with Crippen LogP contribution in [0.3, 0.4) is 0 Å². The van der Waals surface area contributed by atoms with E-state index >= 15 is 0 Å². The van der Waals surface area contributed by atoms with Crippen LogP contribution in [0.5, 0.6) is 0 Å². The monoisotopic (exact) mass is 196 g/mol. The van der Waals surface area contributed by atoms with Crippen molar-refractivity contribution < 1.29 is 8.42 Å². The van der Waals surface area contributed by atoms with Crippen molar-refractivity contribution in [2.24, 2.45) is 4.99 Å². The summed E-state index contributed by atoms with van der Waals surface area (Å²) in [6, 6.07) is 0. The van der Waals surface area contributed by atoms with Crippen molar-refractivity contribution >= 4 is 27.6 Å². The Balaban J connectivity index is 4.12. The molecule has 11 heavy (non-hydrogen) atoms. The second-order valence-electron chi connectivity index (χ2n) is 1.98. The largest absolute Gasteiger partial charge is 0.274 e. The highest BCUT2D eigenvalue weighted by Gasteiger charge is 2.03. The number of nitrogens with zero attached hydrogens (tertiary/aromatic N) is 1. The molecular weight excluding hydrogens is 184 g/mol. The normalized spacial score (nSPS) is 13.2. The molecule has 1 N–H and O–H groups in total. The Morgan fingerprint density at radius 2 is 2.18 bits per heavy atom. The van der Waals surface area contributed by atoms with Crippen molar-refractivity contribution in [3.63, 3.8) is 0 Å². The second kappa shape index (κ2) is 4.61.